The van der Waals surface area contributed by atoms with Crippen molar-refractivity contribution in [1.29, 1.82) is 0 Å². The van der Waals surface area contributed by atoms with E-state index in [0.717, 1.165) is 25.9 Å². The second-order valence-electron chi connectivity index (χ2n) is 5.35. The van der Waals surface area contributed by atoms with Crippen LogP contribution in [0.25, 0.3) is 0 Å². The van der Waals surface area contributed by atoms with Crippen molar-refractivity contribution in [2.75, 3.05) is 13.1 Å². The second-order valence-corrected chi connectivity index (χ2v) is 6.30. The number of hydrogen-bond donors (Lipinski definition) is 2. The van der Waals surface area contributed by atoms with E-state index in [0.29, 0.717) is 16.0 Å². The fourth-order valence-corrected chi connectivity index (χ4v) is 3.33. The first kappa shape index (κ1) is 14.9. The standard InChI is InChI=1S/C17H18N2O2S/c20-16(15-6-3-11-22-15)13-4-1-2-5-14(13)17(21)19-12-7-9-18-10-8-12/h1-6,11-12,18H,7-10H2,(H,19,21). The molecule has 1 amide bonds. The summed E-state index contributed by atoms with van der Waals surface area (Å²) in [5.74, 6) is -0.251. The van der Waals surface area contributed by atoms with Crippen molar-refractivity contribution in [2.45, 2.75) is 18.9 Å². The van der Waals surface area contributed by atoms with E-state index in [1.807, 2.05) is 11.4 Å². The molecule has 1 aromatic heterocycles. The van der Waals surface area contributed by atoms with Crippen molar-refractivity contribution in [3.8, 4) is 0 Å². The van der Waals surface area contributed by atoms with Gasteiger partial charge in [-0.3, -0.25) is 9.59 Å². The number of thiophene rings is 1. The zero-order valence-corrected chi connectivity index (χ0v) is 13.0. The molecule has 0 atom stereocenters. The Morgan fingerprint density at radius 2 is 1.77 bits per heavy atom. The maximum atomic E-state index is 12.5. The molecular weight excluding hydrogens is 296 g/mol. The Morgan fingerprint density at radius 1 is 1.05 bits per heavy atom. The van der Waals surface area contributed by atoms with Crippen LogP contribution in [0.5, 0.6) is 0 Å². The van der Waals surface area contributed by atoms with E-state index in [-0.39, 0.29) is 17.7 Å². The molecule has 1 saturated heterocycles. The van der Waals surface area contributed by atoms with Crippen molar-refractivity contribution in [2.24, 2.45) is 0 Å². The number of hydrogen-bond acceptors (Lipinski definition) is 4. The lowest BCUT2D eigenvalue weighted by Crippen LogP contribution is -2.43. The highest BCUT2D eigenvalue weighted by Gasteiger charge is 2.21. The highest BCUT2D eigenvalue weighted by atomic mass is 32.1. The van der Waals surface area contributed by atoms with E-state index >= 15 is 0 Å². The molecule has 3 rings (SSSR count). The Balaban J connectivity index is 1.81. The Hall–Kier alpha value is -1.98. The van der Waals surface area contributed by atoms with Gasteiger partial charge in [-0.15, -0.1) is 11.3 Å². The summed E-state index contributed by atoms with van der Waals surface area (Å²) in [6.45, 7) is 1.83. The van der Waals surface area contributed by atoms with E-state index in [1.54, 1.807) is 30.3 Å². The van der Waals surface area contributed by atoms with Crippen LogP contribution in [-0.2, 0) is 0 Å². The number of nitrogens with one attached hydrogen (secondary N) is 2. The number of carbonyl (C=O) groups excluding carboxylic acids is 2. The van der Waals surface area contributed by atoms with Crippen molar-refractivity contribution in [3.63, 3.8) is 0 Å². The highest BCUT2D eigenvalue weighted by molar-refractivity contribution is 7.12. The summed E-state index contributed by atoms with van der Waals surface area (Å²) < 4.78 is 0. The molecular formula is C17H18N2O2S. The molecule has 0 saturated carbocycles. The molecule has 0 spiro atoms. The average molecular weight is 314 g/mol. The van der Waals surface area contributed by atoms with Gasteiger partial charge < -0.3 is 10.6 Å². The van der Waals surface area contributed by atoms with Crippen LogP contribution in [0.2, 0.25) is 0 Å². The minimum absolute atomic E-state index is 0.0916. The second kappa shape index (κ2) is 6.85. The van der Waals surface area contributed by atoms with Crippen LogP contribution in [0.1, 0.15) is 38.4 Å². The summed E-state index contributed by atoms with van der Waals surface area (Å²) in [5, 5.41) is 8.19. The van der Waals surface area contributed by atoms with Crippen LogP contribution in [0.3, 0.4) is 0 Å². The number of benzene rings is 1. The number of carbonyl (C=O) groups is 2. The maximum Gasteiger partial charge on any atom is 0.252 e. The minimum Gasteiger partial charge on any atom is -0.349 e. The smallest absolute Gasteiger partial charge is 0.252 e. The molecule has 1 fully saturated rings. The molecule has 0 unspecified atom stereocenters. The summed E-state index contributed by atoms with van der Waals surface area (Å²) in [4.78, 5) is 25.7. The number of ketones is 1. The molecule has 1 aliphatic heterocycles. The SMILES string of the molecule is O=C(NC1CCNCC1)c1ccccc1C(=O)c1cccs1. The Morgan fingerprint density at radius 3 is 2.45 bits per heavy atom. The fraction of sp³-hybridized carbons (Fsp3) is 0.294. The van der Waals surface area contributed by atoms with Gasteiger partial charge in [-0.25, -0.2) is 0 Å². The van der Waals surface area contributed by atoms with Crippen LogP contribution in [-0.4, -0.2) is 30.8 Å². The van der Waals surface area contributed by atoms with Gasteiger partial charge in [0, 0.05) is 11.6 Å². The summed E-state index contributed by atoms with van der Waals surface area (Å²) >= 11 is 1.39. The predicted octanol–water partition coefficient (Wildman–Crippen LogP) is 2.46. The van der Waals surface area contributed by atoms with Gasteiger partial charge in [0.1, 0.15) is 0 Å². The minimum atomic E-state index is -0.160. The zero-order valence-electron chi connectivity index (χ0n) is 12.2. The molecule has 1 aliphatic rings. The van der Waals surface area contributed by atoms with Crippen molar-refractivity contribution >= 4 is 23.0 Å². The van der Waals surface area contributed by atoms with Crippen molar-refractivity contribution in [3.05, 3.63) is 57.8 Å². The van der Waals surface area contributed by atoms with Crippen LogP contribution in [0, 0.1) is 0 Å². The molecule has 0 bridgehead atoms. The van der Waals surface area contributed by atoms with Gasteiger partial charge in [0.05, 0.1) is 10.4 Å². The third-order valence-electron chi connectivity index (χ3n) is 3.84. The van der Waals surface area contributed by atoms with E-state index in [9.17, 15) is 9.59 Å². The van der Waals surface area contributed by atoms with Crippen LogP contribution < -0.4 is 10.6 Å². The van der Waals surface area contributed by atoms with Gasteiger partial charge >= 0.3 is 0 Å². The number of piperidine rings is 1. The average Bonchev–Trinajstić information content (AvgIpc) is 3.09. The normalized spacial score (nSPS) is 15.5. The van der Waals surface area contributed by atoms with Gasteiger partial charge in [0.2, 0.25) is 5.78 Å². The molecule has 0 aliphatic carbocycles. The molecule has 4 nitrogen and oxygen atoms in total. The molecule has 114 valence electrons. The van der Waals surface area contributed by atoms with Crippen molar-refractivity contribution < 1.29 is 9.59 Å². The largest absolute Gasteiger partial charge is 0.349 e. The van der Waals surface area contributed by atoms with Crippen LogP contribution in [0.15, 0.2) is 41.8 Å². The zero-order chi connectivity index (χ0) is 15.4. The lowest BCUT2D eigenvalue weighted by atomic mass is 10.0. The monoisotopic (exact) mass is 314 g/mol. The number of amides is 1. The van der Waals surface area contributed by atoms with E-state index in [1.165, 1.54) is 11.3 Å². The third kappa shape index (κ3) is 3.26. The molecule has 22 heavy (non-hydrogen) atoms. The first-order valence-corrected chi connectivity index (χ1v) is 8.32. The Bertz CT molecular complexity index is 661. The predicted molar refractivity (Wildman–Crippen MR) is 87.6 cm³/mol. The first-order chi connectivity index (χ1) is 10.8. The topological polar surface area (TPSA) is 58.2 Å². The maximum absolute atomic E-state index is 12.5. The van der Waals surface area contributed by atoms with Crippen molar-refractivity contribution in [1.82, 2.24) is 10.6 Å². The van der Waals surface area contributed by atoms with E-state index in [2.05, 4.69) is 10.6 Å². The van der Waals surface area contributed by atoms with Gasteiger partial charge in [-0.05, 0) is 43.4 Å². The molecule has 2 N–H and O–H groups in total. The van der Waals surface area contributed by atoms with Gasteiger partial charge in [-0.2, -0.15) is 0 Å². The molecule has 1 aromatic carbocycles. The molecule has 0 radical (unpaired) electrons. The van der Waals surface area contributed by atoms with Gasteiger partial charge in [0.15, 0.2) is 0 Å². The third-order valence-corrected chi connectivity index (χ3v) is 4.70. The van der Waals surface area contributed by atoms with E-state index in [4.69, 9.17) is 0 Å². The summed E-state index contributed by atoms with van der Waals surface area (Å²) in [6.07, 6.45) is 1.85. The van der Waals surface area contributed by atoms with Crippen LogP contribution in [0.4, 0.5) is 0 Å². The highest BCUT2D eigenvalue weighted by Crippen LogP contribution is 2.18. The van der Waals surface area contributed by atoms with E-state index < -0.39 is 0 Å². The fourth-order valence-electron chi connectivity index (χ4n) is 2.65. The Kier molecular flexibility index (Phi) is 4.65. The molecule has 2 aromatic rings. The first-order valence-electron chi connectivity index (χ1n) is 7.44. The summed E-state index contributed by atoms with van der Waals surface area (Å²) in [7, 11) is 0. The van der Waals surface area contributed by atoms with Crippen LogP contribution >= 0.6 is 11.3 Å². The molecule has 2 heterocycles. The van der Waals surface area contributed by atoms with Gasteiger partial charge in [0.25, 0.3) is 5.91 Å². The lowest BCUT2D eigenvalue weighted by molar-refractivity contribution is 0.0920. The quantitative estimate of drug-likeness (QED) is 0.852. The Labute approximate surface area is 133 Å². The summed E-state index contributed by atoms with van der Waals surface area (Å²) in [6, 6.07) is 10.8. The van der Waals surface area contributed by atoms with Gasteiger partial charge in [-0.1, -0.05) is 24.3 Å². The number of rotatable bonds is 4. The lowest BCUT2D eigenvalue weighted by Gasteiger charge is -2.24. The summed E-state index contributed by atoms with van der Waals surface area (Å²) in [5.41, 5.74) is 0.927. The molecule has 5 heteroatoms.